The number of benzene rings is 1. The van der Waals surface area contributed by atoms with Gasteiger partial charge >= 0.3 is 0 Å². The van der Waals surface area contributed by atoms with Gasteiger partial charge in [0.1, 0.15) is 5.75 Å². The monoisotopic (exact) mass is 339 g/mol. The summed E-state index contributed by atoms with van der Waals surface area (Å²) in [4.78, 5) is 0. The van der Waals surface area contributed by atoms with Crippen LogP contribution in [-0.4, -0.2) is 19.7 Å². The van der Waals surface area contributed by atoms with Crippen molar-refractivity contribution in [2.75, 3.05) is 13.7 Å². The number of methoxy groups -OCH3 is 1. The van der Waals surface area contributed by atoms with E-state index in [1.165, 1.54) is 29.3 Å². The normalized spacial score (nSPS) is 26.5. The lowest BCUT2D eigenvalue weighted by atomic mass is 9.76. The molecule has 0 saturated heterocycles. The summed E-state index contributed by atoms with van der Waals surface area (Å²) in [5.41, 5.74) is 1.37. The summed E-state index contributed by atoms with van der Waals surface area (Å²) in [6.07, 6.45) is 5.11. The Hall–Kier alpha value is -0.540. The Morgan fingerprint density at radius 2 is 2.15 bits per heavy atom. The van der Waals surface area contributed by atoms with E-state index in [-0.39, 0.29) is 0 Å². The molecule has 20 heavy (non-hydrogen) atoms. The second-order valence-electron chi connectivity index (χ2n) is 6.00. The first-order valence-corrected chi connectivity index (χ1v) is 8.49. The zero-order valence-electron chi connectivity index (χ0n) is 12.8. The van der Waals surface area contributed by atoms with Gasteiger partial charge in [-0.3, -0.25) is 0 Å². The van der Waals surface area contributed by atoms with Gasteiger partial charge in [0.2, 0.25) is 0 Å². The van der Waals surface area contributed by atoms with E-state index in [1.807, 2.05) is 6.07 Å². The van der Waals surface area contributed by atoms with Crippen LogP contribution in [0.4, 0.5) is 0 Å². The summed E-state index contributed by atoms with van der Waals surface area (Å²) in [5, 5.41) is 3.68. The van der Waals surface area contributed by atoms with Crippen molar-refractivity contribution in [3.8, 4) is 5.75 Å². The molecule has 1 saturated carbocycles. The van der Waals surface area contributed by atoms with Crippen LogP contribution in [0.1, 0.15) is 38.7 Å². The largest absolute Gasteiger partial charge is 0.497 e. The van der Waals surface area contributed by atoms with Gasteiger partial charge in [-0.25, -0.2) is 0 Å². The first kappa shape index (κ1) is 15.8. The number of ether oxygens (including phenoxy) is 1. The van der Waals surface area contributed by atoms with Crippen LogP contribution in [-0.2, 0) is 6.42 Å². The highest BCUT2D eigenvalue weighted by atomic mass is 79.9. The Kier molecular flexibility index (Phi) is 5.91. The molecule has 1 aliphatic carbocycles. The van der Waals surface area contributed by atoms with E-state index in [4.69, 9.17) is 4.74 Å². The summed E-state index contributed by atoms with van der Waals surface area (Å²) in [6, 6.07) is 6.95. The molecule has 1 fully saturated rings. The van der Waals surface area contributed by atoms with Gasteiger partial charge in [-0.2, -0.15) is 0 Å². The maximum Gasteiger partial charge on any atom is 0.119 e. The maximum atomic E-state index is 5.36. The molecular weight excluding hydrogens is 314 g/mol. The third-order valence-corrected chi connectivity index (χ3v) is 5.22. The first-order chi connectivity index (χ1) is 9.63. The Morgan fingerprint density at radius 1 is 1.35 bits per heavy atom. The topological polar surface area (TPSA) is 21.3 Å². The first-order valence-electron chi connectivity index (χ1n) is 7.69. The molecule has 1 N–H and O–H groups in total. The van der Waals surface area contributed by atoms with Crippen LogP contribution in [0.5, 0.6) is 5.75 Å². The van der Waals surface area contributed by atoms with Crippen LogP contribution >= 0.6 is 15.9 Å². The number of rotatable bonds is 5. The van der Waals surface area contributed by atoms with Gasteiger partial charge in [-0.05, 0) is 67.8 Å². The minimum absolute atomic E-state index is 0.661. The lowest BCUT2D eigenvalue weighted by Crippen LogP contribution is -2.41. The molecule has 0 aromatic heterocycles. The van der Waals surface area contributed by atoms with Gasteiger partial charge in [0, 0.05) is 10.5 Å². The molecule has 0 bridgehead atoms. The van der Waals surface area contributed by atoms with Crippen molar-refractivity contribution in [2.24, 2.45) is 11.8 Å². The van der Waals surface area contributed by atoms with E-state index in [1.54, 1.807) is 7.11 Å². The molecule has 3 atom stereocenters. The second-order valence-corrected chi connectivity index (χ2v) is 6.86. The number of nitrogens with one attached hydrogen (secondary N) is 1. The number of hydrogen-bond donors (Lipinski definition) is 1. The molecule has 2 nitrogen and oxygen atoms in total. The minimum atomic E-state index is 0.661. The van der Waals surface area contributed by atoms with Gasteiger partial charge < -0.3 is 10.1 Å². The molecule has 1 aromatic rings. The van der Waals surface area contributed by atoms with Gasteiger partial charge in [0.15, 0.2) is 0 Å². The molecule has 0 aliphatic heterocycles. The van der Waals surface area contributed by atoms with Gasteiger partial charge in [-0.15, -0.1) is 0 Å². The Bertz CT molecular complexity index is 435. The quantitative estimate of drug-likeness (QED) is 0.857. The highest BCUT2D eigenvalue weighted by Gasteiger charge is 2.28. The summed E-state index contributed by atoms with van der Waals surface area (Å²) in [7, 11) is 1.73. The Balaban J connectivity index is 2.12. The molecule has 1 aliphatic rings. The van der Waals surface area contributed by atoms with Crippen LogP contribution < -0.4 is 10.1 Å². The highest BCUT2D eigenvalue weighted by Crippen LogP contribution is 2.34. The standard InChI is InChI=1S/C17H26BrNO/c1-4-19-17-8-5-12(2)9-14(17)10-13-11-15(20-3)6-7-16(13)18/h6-7,11-12,14,17,19H,4-5,8-10H2,1-3H3. The summed E-state index contributed by atoms with van der Waals surface area (Å²) in [6.45, 7) is 5.65. The van der Waals surface area contributed by atoms with Crippen LogP contribution in [0, 0.1) is 11.8 Å². The van der Waals surface area contributed by atoms with Crippen molar-refractivity contribution in [1.82, 2.24) is 5.32 Å². The lowest BCUT2D eigenvalue weighted by molar-refractivity contribution is 0.214. The molecule has 0 heterocycles. The predicted molar refractivity (Wildman–Crippen MR) is 88.4 cm³/mol. The SMILES string of the molecule is CCNC1CCC(C)CC1Cc1cc(OC)ccc1Br. The molecule has 112 valence electrons. The molecule has 1 aromatic carbocycles. The minimum Gasteiger partial charge on any atom is -0.497 e. The molecular formula is C17H26BrNO. The zero-order valence-corrected chi connectivity index (χ0v) is 14.4. The molecule has 3 unspecified atom stereocenters. The number of halogens is 1. The predicted octanol–water partition coefficient (Wildman–Crippen LogP) is 4.41. The fourth-order valence-corrected chi connectivity index (χ4v) is 3.78. The molecule has 0 radical (unpaired) electrons. The molecule has 0 spiro atoms. The van der Waals surface area contributed by atoms with Gasteiger partial charge in [0.25, 0.3) is 0 Å². The van der Waals surface area contributed by atoms with Crippen LogP contribution in [0.15, 0.2) is 22.7 Å². The van der Waals surface area contributed by atoms with Crippen molar-refractivity contribution < 1.29 is 4.74 Å². The smallest absolute Gasteiger partial charge is 0.119 e. The van der Waals surface area contributed by atoms with Crippen LogP contribution in [0.25, 0.3) is 0 Å². The third-order valence-electron chi connectivity index (χ3n) is 4.45. The summed E-state index contributed by atoms with van der Waals surface area (Å²) < 4.78 is 6.56. The zero-order chi connectivity index (χ0) is 14.5. The summed E-state index contributed by atoms with van der Waals surface area (Å²) >= 11 is 3.68. The van der Waals surface area contributed by atoms with Gasteiger partial charge in [-0.1, -0.05) is 29.8 Å². The van der Waals surface area contributed by atoms with Crippen molar-refractivity contribution in [3.05, 3.63) is 28.2 Å². The fourth-order valence-electron chi connectivity index (χ4n) is 3.37. The van der Waals surface area contributed by atoms with E-state index in [2.05, 4.69) is 47.2 Å². The van der Waals surface area contributed by atoms with Crippen LogP contribution in [0.3, 0.4) is 0 Å². The van der Waals surface area contributed by atoms with E-state index in [0.717, 1.165) is 30.6 Å². The van der Waals surface area contributed by atoms with Crippen molar-refractivity contribution in [3.63, 3.8) is 0 Å². The van der Waals surface area contributed by atoms with E-state index < -0.39 is 0 Å². The van der Waals surface area contributed by atoms with Gasteiger partial charge in [0.05, 0.1) is 7.11 Å². The average Bonchev–Trinajstić information content (AvgIpc) is 2.44. The van der Waals surface area contributed by atoms with E-state index >= 15 is 0 Å². The lowest BCUT2D eigenvalue weighted by Gasteiger charge is -2.35. The Labute approximate surface area is 131 Å². The molecule has 3 heteroatoms. The van der Waals surface area contributed by atoms with E-state index in [0.29, 0.717) is 6.04 Å². The second kappa shape index (κ2) is 7.46. The highest BCUT2D eigenvalue weighted by molar-refractivity contribution is 9.10. The van der Waals surface area contributed by atoms with Crippen molar-refractivity contribution >= 4 is 15.9 Å². The molecule has 0 amide bonds. The third kappa shape index (κ3) is 3.98. The van der Waals surface area contributed by atoms with Crippen molar-refractivity contribution in [1.29, 1.82) is 0 Å². The maximum absolute atomic E-state index is 5.36. The fraction of sp³-hybridized carbons (Fsp3) is 0.647. The Morgan fingerprint density at radius 3 is 2.85 bits per heavy atom. The summed E-state index contributed by atoms with van der Waals surface area (Å²) in [5.74, 6) is 2.52. The number of hydrogen-bond acceptors (Lipinski definition) is 2. The average molecular weight is 340 g/mol. The van der Waals surface area contributed by atoms with Crippen LogP contribution in [0.2, 0.25) is 0 Å². The van der Waals surface area contributed by atoms with E-state index in [9.17, 15) is 0 Å². The molecule has 2 rings (SSSR count). The van der Waals surface area contributed by atoms with Crippen molar-refractivity contribution in [2.45, 2.75) is 45.6 Å².